The van der Waals surface area contributed by atoms with Crippen molar-refractivity contribution in [2.75, 3.05) is 18.4 Å². The maximum Gasteiger partial charge on any atom is 0.242 e. The normalized spacial score (nSPS) is 15.7. The van der Waals surface area contributed by atoms with Crippen LogP contribution in [0.3, 0.4) is 0 Å². The summed E-state index contributed by atoms with van der Waals surface area (Å²) in [6, 6.07) is 1.42. The fourth-order valence-electron chi connectivity index (χ4n) is 1.50. The van der Waals surface area contributed by atoms with Crippen molar-refractivity contribution in [3.05, 3.63) is 17.3 Å². The van der Waals surface area contributed by atoms with E-state index in [1.54, 1.807) is 0 Å². The average molecular weight is 290 g/mol. The fourth-order valence-corrected chi connectivity index (χ4v) is 2.88. The second kappa shape index (κ2) is 5.42. The second-order valence-electron chi connectivity index (χ2n) is 4.33. The Morgan fingerprint density at radius 1 is 1.50 bits per heavy atom. The van der Waals surface area contributed by atoms with Gasteiger partial charge in [0.2, 0.25) is 10.0 Å². The van der Waals surface area contributed by atoms with E-state index in [2.05, 4.69) is 15.0 Å². The number of anilines is 1. The monoisotopic (exact) mass is 289 g/mol. The molecule has 0 saturated heterocycles. The van der Waals surface area contributed by atoms with Crippen LogP contribution >= 0.6 is 11.6 Å². The summed E-state index contributed by atoms with van der Waals surface area (Å²) in [4.78, 5) is 4.12. The smallest absolute Gasteiger partial charge is 0.242 e. The van der Waals surface area contributed by atoms with Crippen LogP contribution in [0.4, 0.5) is 5.82 Å². The van der Waals surface area contributed by atoms with Gasteiger partial charge in [0, 0.05) is 19.3 Å². The topological polar surface area (TPSA) is 71.1 Å². The van der Waals surface area contributed by atoms with Crippen LogP contribution in [0.15, 0.2) is 17.2 Å². The van der Waals surface area contributed by atoms with E-state index in [1.807, 2.05) is 6.92 Å². The van der Waals surface area contributed by atoms with Gasteiger partial charge in [-0.15, -0.1) is 0 Å². The summed E-state index contributed by atoms with van der Waals surface area (Å²) < 4.78 is 26.5. The van der Waals surface area contributed by atoms with Crippen LogP contribution < -0.4 is 10.0 Å². The highest BCUT2D eigenvalue weighted by Crippen LogP contribution is 2.28. The summed E-state index contributed by atoms with van der Waals surface area (Å²) in [5.41, 5.74) is 0. The van der Waals surface area contributed by atoms with E-state index in [4.69, 9.17) is 11.6 Å². The number of pyridine rings is 1. The van der Waals surface area contributed by atoms with Crippen molar-refractivity contribution in [1.29, 1.82) is 0 Å². The molecule has 0 radical (unpaired) electrons. The van der Waals surface area contributed by atoms with Gasteiger partial charge in [0.05, 0.1) is 5.02 Å². The van der Waals surface area contributed by atoms with Crippen LogP contribution in [0.2, 0.25) is 5.02 Å². The van der Waals surface area contributed by atoms with Crippen LogP contribution in [0, 0.1) is 5.92 Å². The lowest BCUT2D eigenvalue weighted by Crippen LogP contribution is -2.26. The quantitative estimate of drug-likeness (QED) is 0.838. The van der Waals surface area contributed by atoms with E-state index in [0.29, 0.717) is 29.8 Å². The van der Waals surface area contributed by atoms with Crippen LogP contribution in [0.1, 0.15) is 19.8 Å². The highest BCUT2D eigenvalue weighted by molar-refractivity contribution is 7.89. The van der Waals surface area contributed by atoms with Crippen LogP contribution in [0.5, 0.6) is 0 Å². The standard InChI is InChI=1S/C11H16ClN3O2S/c1-2-13-11-10(12)5-9(7-14-11)18(16,17)15-6-8-3-4-8/h5,7-8,15H,2-4,6H2,1H3,(H,13,14). The molecule has 7 heteroatoms. The van der Waals surface area contributed by atoms with Gasteiger partial charge in [0.15, 0.2) is 0 Å². The number of nitrogens with zero attached hydrogens (tertiary/aromatic N) is 1. The van der Waals surface area contributed by atoms with E-state index >= 15 is 0 Å². The largest absolute Gasteiger partial charge is 0.369 e. The Balaban J connectivity index is 2.13. The Labute approximate surface area is 112 Å². The molecule has 1 aliphatic rings. The van der Waals surface area contributed by atoms with Crippen LogP contribution in [0.25, 0.3) is 0 Å². The molecule has 0 amide bonds. The molecule has 100 valence electrons. The third-order valence-corrected chi connectivity index (χ3v) is 4.41. The third-order valence-electron chi connectivity index (χ3n) is 2.73. The molecule has 18 heavy (non-hydrogen) atoms. The first-order chi connectivity index (χ1) is 8.53. The molecular weight excluding hydrogens is 274 g/mol. The molecule has 2 N–H and O–H groups in total. The first-order valence-corrected chi connectivity index (χ1v) is 7.78. The average Bonchev–Trinajstić information content (AvgIpc) is 3.13. The molecule has 1 heterocycles. The number of hydrogen-bond donors (Lipinski definition) is 2. The van der Waals surface area contributed by atoms with Crippen molar-refractivity contribution in [3.8, 4) is 0 Å². The second-order valence-corrected chi connectivity index (χ2v) is 6.50. The summed E-state index contributed by atoms with van der Waals surface area (Å²) in [5, 5.41) is 3.27. The number of sulfonamides is 1. The molecule has 1 saturated carbocycles. The van der Waals surface area contributed by atoms with Crippen molar-refractivity contribution in [2.24, 2.45) is 5.92 Å². The van der Waals surface area contributed by atoms with Gasteiger partial charge in [-0.3, -0.25) is 0 Å². The number of aromatic nitrogens is 1. The molecule has 0 spiro atoms. The predicted molar refractivity (Wildman–Crippen MR) is 71.3 cm³/mol. The van der Waals surface area contributed by atoms with E-state index in [9.17, 15) is 8.42 Å². The van der Waals surface area contributed by atoms with Crippen molar-refractivity contribution in [1.82, 2.24) is 9.71 Å². The number of nitrogens with one attached hydrogen (secondary N) is 2. The molecular formula is C11H16ClN3O2S. The maximum atomic E-state index is 12.0. The Morgan fingerprint density at radius 2 is 2.22 bits per heavy atom. The molecule has 2 rings (SSSR count). The minimum atomic E-state index is -3.49. The SMILES string of the molecule is CCNc1ncc(S(=O)(=O)NCC2CC2)cc1Cl. The maximum absolute atomic E-state index is 12.0. The lowest BCUT2D eigenvalue weighted by atomic mass is 10.4. The molecule has 0 bridgehead atoms. The highest BCUT2D eigenvalue weighted by atomic mass is 35.5. The lowest BCUT2D eigenvalue weighted by molar-refractivity contribution is 0.577. The van der Waals surface area contributed by atoms with Crippen molar-refractivity contribution < 1.29 is 8.42 Å². The van der Waals surface area contributed by atoms with E-state index in [1.165, 1.54) is 12.3 Å². The molecule has 0 aliphatic heterocycles. The summed E-state index contributed by atoms with van der Waals surface area (Å²) in [6.45, 7) is 3.09. The lowest BCUT2D eigenvalue weighted by Gasteiger charge is -2.08. The molecule has 1 fully saturated rings. The number of rotatable bonds is 6. The number of halogens is 1. The van der Waals surface area contributed by atoms with Gasteiger partial charge in [-0.2, -0.15) is 0 Å². The predicted octanol–water partition coefficient (Wildman–Crippen LogP) is 1.86. The molecule has 0 aromatic carbocycles. The van der Waals surface area contributed by atoms with Crippen LogP contribution in [-0.4, -0.2) is 26.5 Å². The van der Waals surface area contributed by atoms with Crippen molar-refractivity contribution in [3.63, 3.8) is 0 Å². The van der Waals surface area contributed by atoms with E-state index in [-0.39, 0.29) is 4.90 Å². The van der Waals surface area contributed by atoms with Crippen LogP contribution in [-0.2, 0) is 10.0 Å². The minimum Gasteiger partial charge on any atom is -0.369 e. The van der Waals surface area contributed by atoms with Gasteiger partial charge in [0.25, 0.3) is 0 Å². The third kappa shape index (κ3) is 3.34. The van der Waals surface area contributed by atoms with Crippen molar-refractivity contribution in [2.45, 2.75) is 24.7 Å². The Morgan fingerprint density at radius 3 is 2.78 bits per heavy atom. The fraction of sp³-hybridized carbons (Fsp3) is 0.545. The summed E-state index contributed by atoms with van der Waals surface area (Å²) >= 11 is 5.97. The Bertz CT molecular complexity index is 529. The van der Waals surface area contributed by atoms with Crippen molar-refractivity contribution >= 4 is 27.4 Å². The zero-order chi connectivity index (χ0) is 13.2. The summed E-state index contributed by atoms with van der Waals surface area (Å²) in [6.07, 6.45) is 3.51. The zero-order valence-corrected chi connectivity index (χ0v) is 11.7. The first-order valence-electron chi connectivity index (χ1n) is 5.92. The first kappa shape index (κ1) is 13.6. The van der Waals surface area contributed by atoms with E-state index in [0.717, 1.165) is 12.8 Å². The molecule has 1 aromatic heterocycles. The zero-order valence-electron chi connectivity index (χ0n) is 10.1. The molecule has 5 nitrogen and oxygen atoms in total. The minimum absolute atomic E-state index is 0.106. The molecule has 1 aromatic rings. The molecule has 0 atom stereocenters. The molecule has 1 aliphatic carbocycles. The summed E-state index contributed by atoms with van der Waals surface area (Å²) in [5.74, 6) is 0.990. The Hall–Kier alpha value is -0.850. The number of hydrogen-bond acceptors (Lipinski definition) is 4. The Kier molecular flexibility index (Phi) is 4.09. The van der Waals surface area contributed by atoms with Gasteiger partial charge in [-0.25, -0.2) is 18.1 Å². The van der Waals surface area contributed by atoms with Gasteiger partial charge in [-0.1, -0.05) is 11.6 Å². The van der Waals surface area contributed by atoms with Gasteiger partial charge in [-0.05, 0) is 31.7 Å². The van der Waals surface area contributed by atoms with E-state index < -0.39 is 10.0 Å². The summed E-state index contributed by atoms with van der Waals surface area (Å²) in [7, 11) is -3.49. The molecule has 0 unspecified atom stereocenters. The highest BCUT2D eigenvalue weighted by Gasteiger charge is 2.24. The van der Waals surface area contributed by atoms with Gasteiger partial charge >= 0.3 is 0 Å². The van der Waals surface area contributed by atoms with Gasteiger partial charge in [0.1, 0.15) is 10.7 Å². The van der Waals surface area contributed by atoms with Gasteiger partial charge < -0.3 is 5.32 Å².